The molecule has 4 saturated carbocycles. The van der Waals surface area contributed by atoms with Gasteiger partial charge in [0, 0.05) is 16.6 Å². The lowest BCUT2D eigenvalue weighted by Crippen LogP contribution is -2.65. The maximum atomic E-state index is 13.9. The number of alkyl halides is 1. The van der Waals surface area contributed by atoms with Gasteiger partial charge in [0.05, 0.1) is 6.67 Å². The Balaban J connectivity index is 1.41. The zero-order valence-corrected chi connectivity index (χ0v) is 19.5. The van der Waals surface area contributed by atoms with Crippen LogP contribution < -0.4 is 16.8 Å². The molecule has 4 heteroatoms. The molecule has 1 spiro atoms. The van der Waals surface area contributed by atoms with Gasteiger partial charge in [-0.3, -0.25) is 4.39 Å². The summed E-state index contributed by atoms with van der Waals surface area (Å²) in [5.41, 5.74) is 14.4. The Hall–Kier alpha value is -0.190. The summed E-state index contributed by atoms with van der Waals surface area (Å²) in [5.74, 6) is 4.03. The van der Waals surface area contributed by atoms with Crippen molar-refractivity contribution in [1.82, 2.24) is 5.32 Å². The summed E-state index contributed by atoms with van der Waals surface area (Å²) in [6.45, 7) is 5.54. The molecule has 5 aliphatic rings. The maximum Gasteiger partial charge on any atom is 0.0898 e. The first-order valence-corrected chi connectivity index (χ1v) is 13.2. The molecule has 30 heavy (non-hydrogen) atoms. The first-order chi connectivity index (χ1) is 14.3. The van der Waals surface area contributed by atoms with Gasteiger partial charge < -0.3 is 16.8 Å². The Bertz CT molecular complexity index is 632. The van der Waals surface area contributed by atoms with Crippen molar-refractivity contribution in [3.63, 3.8) is 0 Å². The van der Waals surface area contributed by atoms with Crippen molar-refractivity contribution in [3.05, 3.63) is 0 Å². The van der Waals surface area contributed by atoms with Crippen LogP contribution in [-0.4, -0.2) is 29.8 Å². The molecule has 1 saturated heterocycles. The third-order valence-corrected chi connectivity index (χ3v) is 11.3. The SMILES string of the molecule is CC1CCC2(CC3CC(N)(C4CCC5CCCCC5C4)C(CCF)C3(N)C2C)NC1. The van der Waals surface area contributed by atoms with Gasteiger partial charge in [0.2, 0.25) is 0 Å². The average molecular weight is 420 g/mol. The summed E-state index contributed by atoms with van der Waals surface area (Å²) in [6, 6.07) is 0. The molecule has 0 aromatic carbocycles. The van der Waals surface area contributed by atoms with Gasteiger partial charge in [-0.25, -0.2) is 0 Å². The average Bonchev–Trinajstić information content (AvgIpc) is 3.09. The van der Waals surface area contributed by atoms with Crippen molar-refractivity contribution in [1.29, 1.82) is 0 Å². The minimum absolute atomic E-state index is 0.126. The van der Waals surface area contributed by atoms with E-state index in [0.29, 0.717) is 24.2 Å². The molecule has 0 aromatic rings. The number of fused-ring (bicyclic) bond motifs is 2. The lowest BCUT2D eigenvalue weighted by atomic mass is 9.58. The highest BCUT2D eigenvalue weighted by molar-refractivity contribution is 5.27. The van der Waals surface area contributed by atoms with E-state index in [9.17, 15) is 4.39 Å². The van der Waals surface area contributed by atoms with E-state index in [2.05, 4.69) is 19.2 Å². The molecular weight excluding hydrogens is 373 g/mol. The molecule has 5 rings (SSSR count). The van der Waals surface area contributed by atoms with Crippen molar-refractivity contribution in [2.75, 3.05) is 13.2 Å². The second kappa shape index (κ2) is 7.70. The number of rotatable bonds is 3. The Labute approximate surface area is 183 Å². The highest BCUT2D eigenvalue weighted by Gasteiger charge is 2.70. The fraction of sp³-hybridized carbons (Fsp3) is 1.00. The molecule has 3 nitrogen and oxygen atoms in total. The molecule has 1 heterocycles. The Morgan fingerprint density at radius 2 is 1.70 bits per heavy atom. The summed E-state index contributed by atoms with van der Waals surface area (Å²) >= 11 is 0. The van der Waals surface area contributed by atoms with Gasteiger partial charge in [0.1, 0.15) is 0 Å². The molecule has 0 radical (unpaired) electrons. The lowest BCUT2D eigenvalue weighted by Gasteiger charge is -2.52. The minimum Gasteiger partial charge on any atom is -0.325 e. The van der Waals surface area contributed by atoms with E-state index >= 15 is 0 Å². The lowest BCUT2D eigenvalue weighted by molar-refractivity contribution is 0.0344. The first-order valence-electron chi connectivity index (χ1n) is 13.2. The predicted octanol–water partition coefficient (Wildman–Crippen LogP) is 4.78. The molecule has 172 valence electrons. The molecule has 0 amide bonds. The van der Waals surface area contributed by atoms with Crippen LogP contribution in [0, 0.1) is 41.4 Å². The van der Waals surface area contributed by atoms with Crippen LogP contribution in [0.25, 0.3) is 0 Å². The largest absolute Gasteiger partial charge is 0.325 e. The number of hydrogen-bond donors (Lipinski definition) is 3. The Kier molecular flexibility index (Phi) is 5.55. The number of halogens is 1. The molecule has 5 fully saturated rings. The summed E-state index contributed by atoms with van der Waals surface area (Å²) in [7, 11) is 0. The van der Waals surface area contributed by atoms with Crippen LogP contribution in [0.1, 0.15) is 90.9 Å². The van der Waals surface area contributed by atoms with Gasteiger partial charge in [0.15, 0.2) is 0 Å². The fourth-order valence-electron chi connectivity index (χ4n) is 9.55. The molecule has 0 aromatic heterocycles. The third kappa shape index (κ3) is 3.06. The fourth-order valence-corrected chi connectivity index (χ4v) is 9.55. The number of piperidine rings is 1. The van der Waals surface area contributed by atoms with Crippen molar-refractivity contribution in [2.24, 2.45) is 52.9 Å². The van der Waals surface area contributed by atoms with Crippen molar-refractivity contribution in [3.8, 4) is 0 Å². The number of nitrogens with two attached hydrogens (primary N) is 2. The molecule has 5 N–H and O–H groups in total. The van der Waals surface area contributed by atoms with Crippen LogP contribution >= 0.6 is 0 Å². The zero-order chi connectivity index (χ0) is 21.1. The van der Waals surface area contributed by atoms with E-state index in [1.165, 1.54) is 57.8 Å². The summed E-state index contributed by atoms with van der Waals surface area (Å²) < 4.78 is 13.9. The van der Waals surface area contributed by atoms with E-state index in [0.717, 1.165) is 37.1 Å². The smallest absolute Gasteiger partial charge is 0.0898 e. The number of hydrogen-bond acceptors (Lipinski definition) is 3. The second-order valence-electron chi connectivity index (χ2n) is 12.5. The van der Waals surface area contributed by atoms with Crippen LogP contribution in [0.5, 0.6) is 0 Å². The topological polar surface area (TPSA) is 64.1 Å². The van der Waals surface area contributed by atoms with Gasteiger partial charge in [0.25, 0.3) is 0 Å². The monoisotopic (exact) mass is 419 g/mol. The maximum absolute atomic E-state index is 13.9. The Morgan fingerprint density at radius 1 is 0.933 bits per heavy atom. The summed E-state index contributed by atoms with van der Waals surface area (Å²) in [4.78, 5) is 0. The molecule has 10 unspecified atom stereocenters. The van der Waals surface area contributed by atoms with E-state index in [-0.39, 0.29) is 29.2 Å². The van der Waals surface area contributed by atoms with E-state index in [1.54, 1.807) is 0 Å². The van der Waals surface area contributed by atoms with Gasteiger partial charge in [-0.15, -0.1) is 0 Å². The van der Waals surface area contributed by atoms with Gasteiger partial charge in [-0.05, 0) is 99.3 Å². The highest BCUT2D eigenvalue weighted by Crippen LogP contribution is 2.64. The molecule has 1 aliphatic heterocycles. The van der Waals surface area contributed by atoms with Crippen LogP contribution in [0.15, 0.2) is 0 Å². The van der Waals surface area contributed by atoms with Crippen LogP contribution in [0.3, 0.4) is 0 Å². The highest BCUT2D eigenvalue weighted by atomic mass is 19.1. The first kappa shape index (κ1) is 21.6. The quantitative estimate of drug-likeness (QED) is 0.617. The van der Waals surface area contributed by atoms with Crippen LogP contribution in [0.2, 0.25) is 0 Å². The van der Waals surface area contributed by atoms with E-state index in [1.807, 2.05) is 0 Å². The van der Waals surface area contributed by atoms with Crippen LogP contribution in [-0.2, 0) is 0 Å². The minimum atomic E-state index is -0.308. The van der Waals surface area contributed by atoms with E-state index in [4.69, 9.17) is 11.5 Å². The molecule has 4 aliphatic carbocycles. The molecule has 10 atom stereocenters. The normalized spacial score (nSPS) is 56.1. The van der Waals surface area contributed by atoms with E-state index < -0.39 is 0 Å². The van der Waals surface area contributed by atoms with Gasteiger partial charge >= 0.3 is 0 Å². The molecule has 0 bridgehead atoms. The standard InChI is InChI=1S/C26H46FN3/c1-17-9-11-24(30-16-17)14-22-15-25(28,23(10-12-27)26(22,29)18(24)2)21-8-7-19-5-3-4-6-20(19)13-21/h17-23,30H,3-16,28-29H2,1-2H3. The summed E-state index contributed by atoms with van der Waals surface area (Å²) in [6.07, 6.45) is 14.8. The van der Waals surface area contributed by atoms with Gasteiger partial charge in [-0.2, -0.15) is 0 Å². The third-order valence-electron chi connectivity index (χ3n) is 11.3. The predicted molar refractivity (Wildman–Crippen MR) is 122 cm³/mol. The van der Waals surface area contributed by atoms with Crippen LogP contribution in [0.4, 0.5) is 4.39 Å². The Morgan fingerprint density at radius 3 is 2.40 bits per heavy atom. The summed E-state index contributed by atoms with van der Waals surface area (Å²) in [5, 5.41) is 3.94. The zero-order valence-electron chi connectivity index (χ0n) is 19.5. The van der Waals surface area contributed by atoms with Gasteiger partial charge in [-0.1, -0.05) is 39.5 Å². The number of nitrogens with one attached hydrogen (secondary N) is 1. The van der Waals surface area contributed by atoms with Crippen molar-refractivity contribution >= 4 is 0 Å². The second-order valence-corrected chi connectivity index (χ2v) is 12.5. The molecular formula is C26H46FN3. The van der Waals surface area contributed by atoms with Crippen molar-refractivity contribution < 1.29 is 4.39 Å². The van der Waals surface area contributed by atoms with Crippen molar-refractivity contribution in [2.45, 2.75) is 108 Å².